The first kappa shape index (κ1) is 13.4. The molecule has 0 aliphatic heterocycles. The Hall–Kier alpha value is -2.57. The van der Waals surface area contributed by atoms with Crippen LogP contribution in [0, 0.1) is 0 Å². The van der Waals surface area contributed by atoms with Gasteiger partial charge in [-0.25, -0.2) is 0 Å². The van der Waals surface area contributed by atoms with Crippen molar-refractivity contribution in [3.8, 4) is 0 Å². The first-order chi connectivity index (χ1) is 10.2. The van der Waals surface area contributed by atoms with Gasteiger partial charge in [0.1, 0.15) is 5.76 Å². The SMILES string of the molecule is O=C(NCCNC(=O)c1ccco1)c1cc(C2CC2)on1. The van der Waals surface area contributed by atoms with E-state index in [4.69, 9.17) is 8.94 Å². The summed E-state index contributed by atoms with van der Waals surface area (Å²) < 4.78 is 10.1. The molecular formula is C14H15N3O4. The van der Waals surface area contributed by atoms with E-state index in [1.165, 1.54) is 6.26 Å². The summed E-state index contributed by atoms with van der Waals surface area (Å²) in [5, 5.41) is 9.04. The molecule has 1 aliphatic rings. The Morgan fingerprint density at radius 3 is 2.67 bits per heavy atom. The molecule has 21 heavy (non-hydrogen) atoms. The lowest BCUT2D eigenvalue weighted by Gasteiger charge is -2.04. The predicted octanol–water partition coefficient (Wildman–Crippen LogP) is 1.30. The summed E-state index contributed by atoms with van der Waals surface area (Å²) in [4.78, 5) is 23.4. The number of nitrogens with one attached hydrogen (secondary N) is 2. The lowest BCUT2D eigenvalue weighted by molar-refractivity contribution is 0.0908. The fourth-order valence-electron chi connectivity index (χ4n) is 1.89. The van der Waals surface area contributed by atoms with E-state index in [9.17, 15) is 9.59 Å². The van der Waals surface area contributed by atoms with E-state index in [-0.39, 0.29) is 23.3 Å². The smallest absolute Gasteiger partial charge is 0.287 e. The summed E-state index contributed by atoms with van der Waals surface area (Å²) in [6, 6.07) is 4.88. The predicted molar refractivity (Wildman–Crippen MR) is 71.9 cm³/mol. The van der Waals surface area contributed by atoms with Crippen LogP contribution in [0.3, 0.4) is 0 Å². The molecule has 3 rings (SSSR count). The van der Waals surface area contributed by atoms with E-state index >= 15 is 0 Å². The molecule has 0 radical (unpaired) electrons. The second-order valence-electron chi connectivity index (χ2n) is 4.88. The van der Waals surface area contributed by atoms with Gasteiger partial charge in [-0.15, -0.1) is 0 Å². The molecule has 2 heterocycles. The number of carbonyl (C=O) groups excluding carboxylic acids is 2. The van der Waals surface area contributed by atoms with E-state index in [1.54, 1.807) is 18.2 Å². The van der Waals surface area contributed by atoms with Crippen LogP contribution in [0.25, 0.3) is 0 Å². The molecule has 7 heteroatoms. The molecule has 2 N–H and O–H groups in total. The molecule has 0 atom stereocenters. The van der Waals surface area contributed by atoms with E-state index in [2.05, 4.69) is 15.8 Å². The molecule has 1 aliphatic carbocycles. The summed E-state index contributed by atoms with van der Waals surface area (Å²) in [7, 11) is 0. The molecule has 0 spiro atoms. The minimum absolute atomic E-state index is 0.243. The molecule has 1 fully saturated rings. The number of rotatable bonds is 6. The fraction of sp³-hybridized carbons (Fsp3) is 0.357. The van der Waals surface area contributed by atoms with E-state index in [0.29, 0.717) is 19.0 Å². The number of hydrogen-bond acceptors (Lipinski definition) is 5. The topological polar surface area (TPSA) is 97.4 Å². The van der Waals surface area contributed by atoms with Crippen LogP contribution in [0.2, 0.25) is 0 Å². The highest BCUT2D eigenvalue weighted by molar-refractivity contribution is 5.92. The normalized spacial score (nSPS) is 13.9. The number of furan rings is 1. The third-order valence-corrected chi connectivity index (χ3v) is 3.18. The minimum atomic E-state index is -0.313. The summed E-state index contributed by atoms with van der Waals surface area (Å²) in [6.45, 7) is 0.607. The largest absolute Gasteiger partial charge is 0.459 e. The minimum Gasteiger partial charge on any atom is -0.459 e. The number of amides is 2. The van der Waals surface area contributed by atoms with Gasteiger partial charge in [-0.05, 0) is 25.0 Å². The second-order valence-corrected chi connectivity index (χ2v) is 4.88. The Balaban J connectivity index is 1.40. The zero-order valence-electron chi connectivity index (χ0n) is 11.3. The third-order valence-electron chi connectivity index (χ3n) is 3.18. The summed E-state index contributed by atoms with van der Waals surface area (Å²) >= 11 is 0. The van der Waals surface area contributed by atoms with Crippen molar-refractivity contribution in [1.29, 1.82) is 0 Å². The monoisotopic (exact) mass is 289 g/mol. The van der Waals surface area contributed by atoms with Crippen molar-refractivity contribution in [2.24, 2.45) is 0 Å². The van der Waals surface area contributed by atoms with Gasteiger partial charge in [0.05, 0.1) is 6.26 Å². The lowest BCUT2D eigenvalue weighted by atomic mass is 10.3. The highest BCUT2D eigenvalue weighted by atomic mass is 16.5. The Bertz CT molecular complexity index is 628. The summed E-state index contributed by atoms with van der Waals surface area (Å²) in [5.74, 6) is 0.814. The standard InChI is InChI=1S/C14H15N3O4/c18-13(10-8-12(21-17-10)9-3-4-9)15-5-6-16-14(19)11-2-1-7-20-11/h1-2,7-9H,3-6H2,(H,15,18)(H,16,19). The van der Waals surface area contributed by atoms with Crippen LogP contribution in [0.15, 0.2) is 33.4 Å². The van der Waals surface area contributed by atoms with Crippen molar-refractivity contribution in [2.45, 2.75) is 18.8 Å². The van der Waals surface area contributed by atoms with E-state index in [1.807, 2.05) is 0 Å². The molecule has 2 aromatic rings. The van der Waals surface area contributed by atoms with Crippen LogP contribution < -0.4 is 10.6 Å². The molecule has 110 valence electrons. The van der Waals surface area contributed by atoms with Crippen molar-refractivity contribution in [1.82, 2.24) is 15.8 Å². The molecule has 0 unspecified atom stereocenters. The zero-order chi connectivity index (χ0) is 14.7. The van der Waals surface area contributed by atoms with Crippen molar-refractivity contribution >= 4 is 11.8 Å². The van der Waals surface area contributed by atoms with Gasteiger partial charge in [0.15, 0.2) is 11.5 Å². The van der Waals surface area contributed by atoms with Crippen LogP contribution in [0.1, 0.15) is 45.6 Å². The molecule has 0 aromatic carbocycles. The highest BCUT2D eigenvalue weighted by Gasteiger charge is 2.28. The number of nitrogens with zero attached hydrogens (tertiary/aromatic N) is 1. The second kappa shape index (κ2) is 5.82. The molecule has 0 bridgehead atoms. The van der Waals surface area contributed by atoms with Crippen LogP contribution in [0.4, 0.5) is 0 Å². The highest BCUT2D eigenvalue weighted by Crippen LogP contribution is 2.40. The molecule has 2 amide bonds. The van der Waals surface area contributed by atoms with Gasteiger partial charge in [0.25, 0.3) is 11.8 Å². The Morgan fingerprint density at radius 1 is 1.24 bits per heavy atom. The quantitative estimate of drug-likeness (QED) is 0.781. The maximum Gasteiger partial charge on any atom is 0.287 e. The van der Waals surface area contributed by atoms with Crippen LogP contribution in [-0.2, 0) is 0 Å². The van der Waals surface area contributed by atoms with Crippen molar-refractivity contribution in [3.05, 3.63) is 41.7 Å². The maximum absolute atomic E-state index is 11.8. The lowest BCUT2D eigenvalue weighted by Crippen LogP contribution is -2.34. The van der Waals surface area contributed by atoms with E-state index in [0.717, 1.165) is 18.6 Å². The van der Waals surface area contributed by atoms with Crippen LogP contribution in [0.5, 0.6) is 0 Å². The van der Waals surface area contributed by atoms with Gasteiger partial charge in [-0.2, -0.15) is 0 Å². The van der Waals surface area contributed by atoms with Crippen molar-refractivity contribution < 1.29 is 18.5 Å². The Labute approximate surface area is 120 Å². The first-order valence-corrected chi connectivity index (χ1v) is 6.80. The van der Waals surface area contributed by atoms with Gasteiger partial charge in [-0.1, -0.05) is 5.16 Å². The Kier molecular flexibility index (Phi) is 3.72. The van der Waals surface area contributed by atoms with Gasteiger partial charge in [-0.3, -0.25) is 9.59 Å². The third kappa shape index (κ3) is 3.31. The molecule has 2 aromatic heterocycles. The number of carbonyl (C=O) groups is 2. The molecule has 0 saturated heterocycles. The fourth-order valence-corrected chi connectivity index (χ4v) is 1.89. The van der Waals surface area contributed by atoms with Crippen LogP contribution in [-0.4, -0.2) is 30.1 Å². The summed E-state index contributed by atoms with van der Waals surface area (Å²) in [5.41, 5.74) is 0.272. The van der Waals surface area contributed by atoms with E-state index < -0.39 is 0 Å². The van der Waals surface area contributed by atoms with Crippen molar-refractivity contribution in [3.63, 3.8) is 0 Å². The van der Waals surface area contributed by atoms with Crippen molar-refractivity contribution in [2.75, 3.05) is 13.1 Å². The van der Waals surface area contributed by atoms with Gasteiger partial charge >= 0.3 is 0 Å². The Morgan fingerprint density at radius 2 is 2.00 bits per heavy atom. The maximum atomic E-state index is 11.8. The average Bonchev–Trinajstić information content (AvgIpc) is 3.02. The molecular weight excluding hydrogens is 274 g/mol. The van der Waals surface area contributed by atoms with Gasteiger partial charge < -0.3 is 19.6 Å². The number of hydrogen-bond donors (Lipinski definition) is 2. The molecule has 1 saturated carbocycles. The summed E-state index contributed by atoms with van der Waals surface area (Å²) in [6.07, 6.45) is 3.61. The van der Waals surface area contributed by atoms with Crippen LogP contribution >= 0.6 is 0 Å². The average molecular weight is 289 g/mol. The number of aromatic nitrogens is 1. The zero-order valence-corrected chi connectivity index (χ0v) is 11.3. The van der Waals surface area contributed by atoms with Gasteiger partial charge in [0, 0.05) is 25.1 Å². The van der Waals surface area contributed by atoms with Gasteiger partial charge in [0.2, 0.25) is 0 Å². The first-order valence-electron chi connectivity index (χ1n) is 6.80. The molecule has 7 nitrogen and oxygen atoms in total.